The second-order valence-corrected chi connectivity index (χ2v) is 5.88. The number of hydrogen-bond donors (Lipinski definition) is 0. The summed E-state index contributed by atoms with van der Waals surface area (Å²) >= 11 is 2.34. The Labute approximate surface area is 131 Å². The van der Waals surface area contributed by atoms with Crippen molar-refractivity contribution in [1.29, 1.82) is 0 Å². The third-order valence-corrected chi connectivity index (χ3v) is 4.68. The van der Waals surface area contributed by atoms with Gasteiger partial charge in [0.25, 0.3) is 5.56 Å². The summed E-state index contributed by atoms with van der Waals surface area (Å²) < 4.78 is 8.78. The molecule has 2 aromatic rings. The summed E-state index contributed by atoms with van der Waals surface area (Å²) in [7, 11) is 0. The van der Waals surface area contributed by atoms with Crippen LogP contribution < -0.4 is 5.56 Å². The minimum Gasteiger partial charge on any atom is -0.364 e. The van der Waals surface area contributed by atoms with Crippen molar-refractivity contribution in [3.8, 4) is 0 Å². The van der Waals surface area contributed by atoms with Gasteiger partial charge in [-0.1, -0.05) is 36.4 Å². The van der Waals surface area contributed by atoms with E-state index in [-0.39, 0.29) is 11.7 Å². The topological polar surface area (TPSA) is 31.2 Å². The van der Waals surface area contributed by atoms with Crippen molar-refractivity contribution in [2.45, 2.75) is 12.6 Å². The highest BCUT2D eigenvalue weighted by atomic mass is 127. The fourth-order valence-corrected chi connectivity index (χ4v) is 3.17. The van der Waals surface area contributed by atoms with Crippen LogP contribution in [0.25, 0.3) is 0 Å². The molecule has 0 saturated heterocycles. The lowest BCUT2D eigenvalue weighted by Crippen LogP contribution is -2.19. The van der Waals surface area contributed by atoms with E-state index in [1.54, 1.807) is 16.7 Å². The minimum absolute atomic E-state index is 0.00575. The summed E-state index contributed by atoms with van der Waals surface area (Å²) in [6, 6.07) is 15.4. The van der Waals surface area contributed by atoms with E-state index in [2.05, 4.69) is 34.7 Å². The average Bonchev–Trinajstić information content (AvgIpc) is 2.84. The molecule has 3 nitrogen and oxygen atoms in total. The van der Waals surface area contributed by atoms with Crippen LogP contribution in [0.1, 0.15) is 11.7 Å². The van der Waals surface area contributed by atoms with Crippen molar-refractivity contribution < 1.29 is 4.74 Å². The molecule has 0 unspecified atom stereocenters. The van der Waals surface area contributed by atoms with E-state index in [4.69, 9.17) is 4.74 Å². The third-order valence-electron chi connectivity index (χ3n) is 3.35. The number of benzene rings is 1. The molecule has 4 heteroatoms. The molecule has 20 heavy (non-hydrogen) atoms. The smallest absolute Gasteiger partial charge is 0.250 e. The van der Waals surface area contributed by atoms with Crippen LogP contribution in [-0.4, -0.2) is 11.2 Å². The molecule has 1 aliphatic rings. The maximum absolute atomic E-state index is 11.8. The first-order valence-corrected chi connectivity index (χ1v) is 7.53. The molecule has 1 aliphatic heterocycles. The standard InChI is InChI=1S/C16H14INO2/c17-15-13(10-18-9-5-4-8-14(18)19)11-20-16(15)12-6-2-1-3-7-12/h1-9,16H,10-11H2/t16-/m1/s1. The first kappa shape index (κ1) is 13.6. The first-order valence-electron chi connectivity index (χ1n) is 6.45. The lowest BCUT2D eigenvalue weighted by atomic mass is 10.1. The zero-order valence-corrected chi connectivity index (χ0v) is 13.0. The molecule has 0 radical (unpaired) electrons. The molecule has 0 N–H and O–H groups in total. The number of aromatic nitrogens is 1. The number of halogens is 1. The average molecular weight is 379 g/mol. The Hall–Kier alpha value is -1.40. The highest BCUT2D eigenvalue weighted by Gasteiger charge is 2.25. The van der Waals surface area contributed by atoms with Gasteiger partial charge in [0.15, 0.2) is 0 Å². The maximum Gasteiger partial charge on any atom is 0.250 e. The fourth-order valence-electron chi connectivity index (χ4n) is 2.30. The van der Waals surface area contributed by atoms with E-state index in [9.17, 15) is 4.79 Å². The van der Waals surface area contributed by atoms with Crippen molar-refractivity contribution in [2.24, 2.45) is 0 Å². The van der Waals surface area contributed by atoms with E-state index in [1.807, 2.05) is 30.5 Å². The Morgan fingerprint density at radius 1 is 1.15 bits per heavy atom. The second-order valence-electron chi connectivity index (χ2n) is 4.72. The molecule has 3 rings (SSSR count). The Balaban J connectivity index is 1.86. The number of ether oxygens (including phenoxy) is 1. The van der Waals surface area contributed by atoms with Crippen LogP contribution in [0.5, 0.6) is 0 Å². The van der Waals surface area contributed by atoms with Crippen molar-refractivity contribution in [2.75, 3.05) is 6.61 Å². The third kappa shape index (κ3) is 2.71. The zero-order chi connectivity index (χ0) is 13.9. The van der Waals surface area contributed by atoms with E-state index < -0.39 is 0 Å². The van der Waals surface area contributed by atoms with Gasteiger partial charge >= 0.3 is 0 Å². The summed E-state index contributed by atoms with van der Waals surface area (Å²) in [5, 5.41) is 0. The Bertz CT molecular complexity index is 691. The van der Waals surface area contributed by atoms with Crippen LogP contribution in [0.4, 0.5) is 0 Å². The monoisotopic (exact) mass is 379 g/mol. The fraction of sp³-hybridized carbons (Fsp3) is 0.188. The summed E-state index contributed by atoms with van der Waals surface area (Å²) in [5.41, 5.74) is 2.35. The first-order chi connectivity index (χ1) is 9.75. The molecular formula is C16H14INO2. The Kier molecular flexibility index (Phi) is 4.03. The molecular weight excluding hydrogens is 365 g/mol. The van der Waals surface area contributed by atoms with Crippen LogP contribution in [0.3, 0.4) is 0 Å². The molecule has 0 amide bonds. The lowest BCUT2D eigenvalue weighted by molar-refractivity contribution is 0.124. The van der Waals surface area contributed by atoms with Gasteiger partial charge in [-0.05, 0) is 39.8 Å². The molecule has 2 heterocycles. The Morgan fingerprint density at radius 3 is 2.65 bits per heavy atom. The van der Waals surface area contributed by atoms with Crippen molar-refractivity contribution in [3.63, 3.8) is 0 Å². The van der Waals surface area contributed by atoms with Gasteiger partial charge < -0.3 is 9.30 Å². The van der Waals surface area contributed by atoms with E-state index in [0.717, 1.165) is 5.56 Å². The minimum atomic E-state index is 0.00575. The van der Waals surface area contributed by atoms with Crippen LogP contribution >= 0.6 is 22.6 Å². The summed E-state index contributed by atoms with van der Waals surface area (Å²) in [5.74, 6) is 0. The Morgan fingerprint density at radius 2 is 1.90 bits per heavy atom. The van der Waals surface area contributed by atoms with E-state index >= 15 is 0 Å². The maximum atomic E-state index is 11.8. The quantitative estimate of drug-likeness (QED) is 0.767. The summed E-state index contributed by atoms with van der Waals surface area (Å²) in [6.45, 7) is 1.18. The van der Waals surface area contributed by atoms with Gasteiger partial charge in [0.1, 0.15) is 6.10 Å². The van der Waals surface area contributed by atoms with Crippen LogP contribution in [0.2, 0.25) is 0 Å². The van der Waals surface area contributed by atoms with Crippen LogP contribution in [-0.2, 0) is 11.3 Å². The molecule has 0 fully saturated rings. The largest absolute Gasteiger partial charge is 0.364 e. The molecule has 0 spiro atoms. The van der Waals surface area contributed by atoms with Crippen molar-refractivity contribution in [1.82, 2.24) is 4.57 Å². The van der Waals surface area contributed by atoms with Crippen LogP contribution in [0.15, 0.2) is 68.7 Å². The number of hydrogen-bond acceptors (Lipinski definition) is 2. The normalized spacial score (nSPS) is 18.6. The second kappa shape index (κ2) is 5.93. The molecule has 0 aliphatic carbocycles. The summed E-state index contributed by atoms with van der Waals surface area (Å²) in [6.07, 6.45) is 1.82. The molecule has 0 bridgehead atoms. The predicted octanol–water partition coefficient (Wildman–Crippen LogP) is 3.31. The molecule has 0 saturated carbocycles. The van der Waals surface area contributed by atoms with Gasteiger partial charge in [-0.15, -0.1) is 0 Å². The van der Waals surface area contributed by atoms with Crippen molar-refractivity contribution in [3.05, 3.63) is 79.8 Å². The SMILES string of the molecule is O=c1ccccn1CC1=C(I)[C@@H](c2ccccc2)OC1. The van der Waals surface area contributed by atoms with Crippen LogP contribution in [0, 0.1) is 0 Å². The highest BCUT2D eigenvalue weighted by molar-refractivity contribution is 14.1. The lowest BCUT2D eigenvalue weighted by Gasteiger charge is -2.10. The van der Waals surface area contributed by atoms with E-state index in [1.165, 1.54) is 9.15 Å². The molecule has 1 atom stereocenters. The molecule has 102 valence electrons. The van der Waals surface area contributed by atoms with Gasteiger partial charge in [0.2, 0.25) is 0 Å². The summed E-state index contributed by atoms with van der Waals surface area (Å²) in [4.78, 5) is 11.8. The van der Waals surface area contributed by atoms with Gasteiger partial charge in [0.05, 0.1) is 6.61 Å². The number of nitrogens with zero attached hydrogens (tertiary/aromatic N) is 1. The van der Waals surface area contributed by atoms with Gasteiger partial charge in [-0.25, -0.2) is 0 Å². The number of rotatable bonds is 3. The highest BCUT2D eigenvalue weighted by Crippen LogP contribution is 2.38. The molecule has 1 aromatic heterocycles. The van der Waals surface area contributed by atoms with Gasteiger partial charge in [-0.2, -0.15) is 0 Å². The molecule has 1 aromatic carbocycles. The van der Waals surface area contributed by atoms with Crippen molar-refractivity contribution >= 4 is 22.6 Å². The van der Waals surface area contributed by atoms with E-state index in [0.29, 0.717) is 13.2 Å². The van der Waals surface area contributed by atoms with Gasteiger partial charge in [-0.3, -0.25) is 4.79 Å². The number of pyridine rings is 1. The van der Waals surface area contributed by atoms with Gasteiger partial charge in [0, 0.05) is 22.4 Å². The predicted molar refractivity (Wildman–Crippen MR) is 86.9 cm³/mol. The zero-order valence-electron chi connectivity index (χ0n) is 10.8.